The Hall–Kier alpha value is -3.49. The molecule has 0 aliphatic heterocycles. The van der Waals surface area contributed by atoms with Crippen LogP contribution in [0.2, 0.25) is 0 Å². The van der Waals surface area contributed by atoms with Crippen LogP contribution in [0, 0.1) is 13.8 Å². The molecule has 9 heteroatoms. The molecule has 3 rings (SSSR count). The zero-order chi connectivity index (χ0) is 18.7. The van der Waals surface area contributed by atoms with Crippen molar-refractivity contribution >= 4 is 17.7 Å². The maximum Gasteiger partial charge on any atom is 0.342 e. The van der Waals surface area contributed by atoms with Gasteiger partial charge < -0.3 is 14.6 Å². The molecule has 3 aromatic rings. The molecule has 9 nitrogen and oxygen atoms in total. The minimum atomic E-state index is -1.02. The summed E-state index contributed by atoms with van der Waals surface area (Å²) in [6, 6.07) is 6.94. The van der Waals surface area contributed by atoms with Gasteiger partial charge in [-0.3, -0.25) is 4.79 Å². The van der Waals surface area contributed by atoms with Gasteiger partial charge in [0.2, 0.25) is 0 Å². The van der Waals surface area contributed by atoms with Gasteiger partial charge in [-0.2, -0.15) is 5.10 Å². The van der Waals surface area contributed by atoms with Crippen LogP contribution in [0.15, 0.2) is 41.2 Å². The van der Waals surface area contributed by atoms with Gasteiger partial charge in [0.1, 0.15) is 11.3 Å². The number of carbonyl (C=O) groups is 2. The van der Waals surface area contributed by atoms with E-state index in [0.29, 0.717) is 17.3 Å². The third-order valence-corrected chi connectivity index (χ3v) is 3.63. The van der Waals surface area contributed by atoms with Crippen LogP contribution in [0.4, 0.5) is 5.82 Å². The third-order valence-electron chi connectivity index (χ3n) is 3.63. The van der Waals surface area contributed by atoms with Gasteiger partial charge in [-0.25, -0.2) is 14.5 Å². The molecule has 3 heterocycles. The molecule has 0 saturated carbocycles. The fraction of sp³-hybridized carbons (Fsp3) is 0.235. The Morgan fingerprint density at radius 2 is 2.12 bits per heavy atom. The van der Waals surface area contributed by atoms with E-state index in [0.717, 1.165) is 0 Å². The van der Waals surface area contributed by atoms with Crippen LogP contribution in [0.5, 0.6) is 0 Å². The maximum absolute atomic E-state index is 12.4. The number of hydrogen-bond acceptors (Lipinski definition) is 7. The summed E-state index contributed by atoms with van der Waals surface area (Å²) in [5.74, 6) is 0.235. The number of pyridine rings is 1. The molecule has 1 amide bonds. The van der Waals surface area contributed by atoms with E-state index < -0.39 is 18.0 Å². The van der Waals surface area contributed by atoms with Gasteiger partial charge in [0.15, 0.2) is 17.7 Å². The summed E-state index contributed by atoms with van der Waals surface area (Å²) in [5.41, 5.74) is 0.820. The first kappa shape index (κ1) is 17.3. The maximum atomic E-state index is 12.4. The fourth-order valence-electron chi connectivity index (χ4n) is 2.25. The molecule has 0 aromatic carbocycles. The summed E-state index contributed by atoms with van der Waals surface area (Å²) in [7, 11) is 0. The van der Waals surface area contributed by atoms with Gasteiger partial charge in [-0.1, -0.05) is 11.2 Å². The summed E-state index contributed by atoms with van der Waals surface area (Å²) >= 11 is 0. The Balaban J connectivity index is 1.68. The number of anilines is 1. The van der Waals surface area contributed by atoms with E-state index >= 15 is 0 Å². The zero-order valence-electron chi connectivity index (χ0n) is 14.5. The van der Waals surface area contributed by atoms with Crippen LogP contribution in [0.3, 0.4) is 0 Å². The molecule has 0 aliphatic rings. The van der Waals surface area contributed by atoms with E-state index in [-0.39, 0.29) is 11.4 Å². The Bertz CT molecular complexity index is 932. The highest BCUT2D eigenvalue weighted by atomic mass is 16.5. The highest BCUT2D eigenvalue weighted by Crippen LogP contribution is 2.15. The van der Waals surface area contributed by atoms with Crippen LogP contribution < -0.4 is 5.32 Å². The number of esters is 1. The van der Waals surface area contributed by atoms with E-state index in [2.05, 4.69) is 20.6 Å². The number of nitrogens with zero attached hydrogens (tertiary/aromatic N) is 4. The van der Waals surface area contributed by atoms with Crippen molar-refractivity contribution in [2.24, 2.45) is 0 Å². The SMILES string of the molecule is Cc1cc(NC(=O)C(C)OC(=O)c2cnn(-c3ccccn3)c2C)no1. The number of aryl methyl sites for hydroxylation is 1. The van der Waals surface area contributed by atoms with Gasteiger partial charge >= 0.3 is 5.97 Å². The minimum Gasteiger partial charge on any atom is -0.449 e. The standard InChI is InChI=1S/C17H17N5O4/c1-10-8-14(21-26-10)20-16(23)12(3)25-17(24)13-9-19-22(11(13)2)15-6-4-5-7-18-15/h4-9,12H,1-3H3,(H,20,21,23). The summed E-state index contributed by atoms with van der Waals surface area (Å²) in [4.78, 5) is 28.7. The normalized spacial score (nSPS) is 11.8. The Labute approximate surface area is 149 Å². The summed E-state index contributed by atoms with van der Waals surface area (Å²) in [6.45, 7) is 4.90. The van der Waals surface area contributed by atoms with Gasteiger partial charge in [-0.15, -0.1) is 0 Å². The number of ether oxygens (including phenoxy) is 1. The molecule has 0 fully saturated rings. The topological polar surface area (TPSA) is 112 Å². The smallest absolute Gasteiger partial charge is 0.342 e. The van der Waals surface area contributed by atoms with E-state index in [9.17, 15) is 9.59 Å². The summed E-state index contributed by atoms with van der Waals surface area (Å²) < 4.78 is 11.6. The molecule has 0 bridgehead atoms. The second-order valence-corrected chi connectivity index (χ2v) is 5.60. The van der Waals surface area contributed by atoms with Gasteiger partial charge in [0.05, 0.1) is 11.9 Å². The molecule has 3 aromatic heterocycles. The van der Waals surface area contributed by atoms with Crippen molar-refractivity contribution in [3.8, 4) is 5.82 Å². The highest BCUT2D eigenvalue weighted by Gasteiger charge is 2.23. The van der Waals surface area contributed by atoms with Crippen molar-refractivity contribution < 1.29 is 18.8 Å². The number of aromatic nitrogens is 4. The predicted octanol–water partition coefficient (Wildman–Crippen LogP) is 2.06. The van der Waals surface area contributed by atoms with E-state index in [1.165, 1.54) is 17.8 Å². The molecule has 1 atom stereocenters. The highest BCUT2D eigenvalue weighted by molar-refractivity contribution is 5.97. The molecule has 0 spiro atoms. The largest absolute Gasteiger partial charge is 0.449 e. The second-order valence-electron chi connectivity index (χ2n) is 5.60. The van der Waals surface area contributed by atoms with Crippen molar-refractivity contribution in [2.75, 3.05) is 5.32 Å². The first-order valence-electron chi connectivity index (χ1n) is 7.87. The molecule has 0 radical (unpaired) electrons. The first-order chi connectivity index (χ1) is 12.5. The number of amides is 1. The van der Waals surface area contributed by atoms with Crippen molar-refractivity contribution in [1.29, 1.82) is 0 Å². The average Bonchev–Trinajstić information content (AvgIpc) is 3.21. The van der Waals surface area contributed by atoms with Gasteiger partial charge in [0, 0.05) is 12.3 Å². The Morgan fingerprint density at radius 1 is 1.31 bits per heavy atom. The van der Waals surface area contributed by atoms with Crippen LogP contribution in [-0.4, -0.2) is 37.9 Å². The molecular weight excluding hydrogens is 338 g/mol. The zero-order valence-corrected chi connectivity index (χ0v) is 14.5. The predicted molar refractivity (Wildman–Crippen MR) is 90.8 cm³/mol. The Morgan fingerprint density at radius 3 is 2.77 bits per heavy atom. The quantitative estimate of drug-likeness (QED) is 0.697. The number of nitrogens with one attached hydrogen (secondary N) is 1. The molecule has 1 N–H and O–H groups in total. The second kappa shape index (κ2) is 7.18. The fourth-order valence-corrected chi connectivity index (χ4v) is 2.25. The molecule has 1 unspecified atom stereocenters. The lowest BCUT2D eigenvalue weighted by atomic mass is 10.2. The molecule has 134 valence electrons. The monoisotopic (exact) mass is 355 g/mol. The van der Waals surface area contributed by atoms with E-state index in [4.69, 9.17) is 9.26 Å². The first-order valence-corrected chi connectivity index (χ1v) is 7.87. The van der Waals surface area contributed by atoms with Crippen LogP contribution in [0.25, 0.3) is 5.82 Å². The summed E-state index contributed by atoms with van der Waals surface area (Å²) in [6.07, 6.45) is 2.00. The molecular formula is C17H17N5O4. The minimum absolute atomic E-state index is 0.257. The van der Waals surface area contributed by atoms with Crippen molar-refractivity contribution in [2.45, 2.75) is 26.9 Å². The van der Waals surface area contributed by atoms with Crippen molar-refractivity contribution in [3.63, 3.8) is 0 Å². The molecule has 0 saturated heterocycles. The van der Waals surface area contributed by atoms with Crippen molar-refractivity contribution in [3.05, 3.63) is 53.7 Å². The molecule has 0 aliphatic carbocycles. The van der Waals surface area contributed by atoms with Crippen LogP contribution >= 0.6 is 0 Å². The van der Waals surface area contributed by atoms with Gasteiger partial charge in [0.25, 0.3) is 5.91 Å². The number of carbonyl (C=O) groups excluding carboxylic acids is 2. The summed E-state index contributed by atoms with van der Waals surface area (Å²) in [5, 5.41) is 10.3. The van der Waals surface area contributed by atoms with Crippen LogP contribution in [0.1, 0.15) is 28.7 Å². The number of hydrogen-bond donors (Lipinski definition) is 1. The van der Waals surface area contributed by atoms with Crippen molar-refractivity contribution in [1.82, 2.24) is 19.9 Å². The van der Waals surface area contributed by atoms with E-state index in [1.54, 1.807) is 38.2 Å². The lowest BCUT2D eigenvalue weighted by molar-refractivity contribution is -0.123. The van der Waals surface area contributed by atoms with E-state index in [1.807, 2.05) is 6.07 Å². The lowest BCUT2D eigenvalue weighted by Crippen LogP contribution is -2.30. The lowest BCUT2D eigenvalue weighted by Gasteiger charge is -2.12. The Kier molecular flexibility index (Phi) is 4.78. The van der Waals surface area contributed by atoms with Gasteiger partial charge in [-0.05, 0) is 32.9 Å². The average molecular weight is 355 g/mol. The van der Waals surface area contributed by atoms with Crippen LogP contribution in [-0.2, 0) is 9.53 Å². The number of rotatable bonds is 5. The third kappa shape index (κ3) is 3.61. The molecule has 26 heavy (non-hydrogen) atoms.